The van der Waals surface area contributed by atoms with Gasteiger partial charge in [-0.2, -0.15) is 0 Å². The van der Waals surface area contributed by atoms with E-state index in [0.29, 0.717) is 11.1 Å². The topological polar surface area (TPSA) is 93.1 Å². The van der Waals surface area contributed by atoms with E-state index in [4.69, 9.17) is 9.99 Å². The van der Waals surface area contributed by atoms with Crippen LogP contribution in [0.4, 0.5) is 0 Å². The Morgan fingerprint density at radius 3 is 2.29 bits per heavy atom. The summed E-state index contributed by atoms with van der Waals surface area (Å²) in [7, 11) is 0. The molecule has 0 saturated heterocycles. The van der Waals surface area contributed by atoms with Crippen LogP contribution in [0.1, 0.15) is 16.7 Å². The first-order valence-electron chi connectivity index (χ1n) is 4.85. The molecule has 0 atom stereocenters. The molecule has 1 aromatic rings. The molecule has 90 valence electrons. The molecule has 3 rings (SSSR count). The summed E-state index contributed by atoms with van der Waals surface area (Å²) in [5, 5.41) is 17.6. The number of aliphatic carboxylic acids is 2. The molecule has 0 unspecified atom stereocenters. The van der Waals surface area contributed by atoms with Crippen LogP contribution in [-0.4, -0.2) is 28.8 Å². The van der Waals surface area contributed by atoms with Crippen LogP contribution in [0.5, 0.6) is 0 Å². The number of carboxylic acid groups (broad SMARTS) is 2. The summed E-state index contributed by atoms with van der Waals surface area (Å²) < 4.78 is 0. The van der Waals surface area contributed by atoms with E-state index in [1.807, 2.05) is 6.92 Å². The van der Waals surface area contributed by atoms with Crippen LogP contribution >= 0.6 is 0 Å². The molecule has 2 aliphatic carbocycles. The standard InChI is InChI=1S/C11H10O6/c1-6-2-7-4-8(3-6)11(7,10(14)15)17-16-5-9(12)13/h2-4H,5H2,1H3,(H,12,13)(H,14,15). The van der Waals surface area contributed by atoms with Gasteiger partial charge in [0.25, 0.3) is 0 Å². The van der Waals surface area contributed by atoms with E-state index >= 15 is 0 Å². The Balaban J connectivity index is 2.19. The van der Waals surface area contributed by atoms with Crippen molar-refractivity contribution in [1.29, 1.82) is 0 Å². The average Bonchev–Trinajstić information content (AvgIpc) is 2.22. The van der Waals surface area contributed by atoms with Gasteiger partial charge in [0.15, 0.2) is 6.61 Å². The van der Waals surface area contributed by atoms with Crippen molar-refractivity contribution < 1.29 is 29.6 Å². The fraction of sp³-hybridized carbons (Fsp3) is 0.273. The largest absolute Gasteiger partial charge is 0.479 e. The van der Waals surface area contributed by atoms with Crippen molar-refractivity contribution >= 4 is 11.9 Å². The Kier molecular flexibility index (Phi) is 2.60. The minimum Gasteiger partial charge on any atom is -0.479 e. The van der Waals surface area contributed by atoms with Crippen molar-refractivity contribution in [3.63, 3.8) is 0 Å². The van der Waals surface area contributed by atoms with Crippen LogP contribution in [-0.2, 0) is 25.0 Å². The van der Waals surface area contributed by atoms with Crippen LogP contribution in [0.15, 0.2) is 18.2 Å². The molecule has 0 radical (unpaired) electrons. The van der Waals surface area contributed by atoms with E-state index in [2.05, 4.69) is 4.89 Å². The van der Waals surface area contributed by atoms with Crippen molar-refractivity contribution in [1.82, 2.24) is 0 Å². The van der Waals surface area contributed by atoms with E-state index in [0.717, 1.165) is 5.56 Å². The summed E-state index contributed by atoms with van der Waals surface area (Å²) in [4.78, 5) is 30.7. The molecule has 0 heterocycles. The number of carbonyl (C=O) groups is 2. The van der Waals surface area contributed by atoms with Crippen LogP contribution in [0.3, 0.4) is 0 Å². The first-order chi connectivity index (χ1) is 7.96. The maximum absolute atomic E-state index is 11.2. The molecule has 0 amide bonds. The van der Waals surface area contributed by atoms with Crippen LogP contribution in [0, 0.1) is 6.92 Å². The Morgan fingerprint density at radius 2 is 1.82 bits per heavy atom. The molecular weight excluding hydrogens is 228 g/mol. The lowest BCUT2D eigenvalue weighted by atomic mass is 9.75. The third-order valence-corrected chi connectivity index (χ3v) is 2.56. The Hall–Kier alpha value is -1.92. The van der Waals surface area contributed by atoms with Crippen molar-refractivity contribution in [2.45, 2.75) is 12.5 Å². The van der Waals surface area contributed by atoms with E-state index in [9.17, 15) is 14.7 Å². The van der Waals surface area contributed by atoms with Crippen LogP contribution in [0.25, 0.3) is 0 Å². The molecule has 2 aliphatic rings. The summed E-state index contributed by atoms with van der Waals surface area (Å²) in [6, 6.07) is 4.97. The van der Waals surface area contributed by atoms with E-state index in [1.165, 1.54) is 0 Å². The zero-order valence-corrected chi connectivity index (χ0v) is 8.97. The van der Waals surface area contributed by atoms with Crippen molar-refractivity contribution in [3.8, 4) is 0 Å². The van der Waals surface area contributed by atoms with Gasteiger partial charge in [-0.1, -0.05) is 17.7 Å². The molecule has 0 saturated carbocycles. The number of carboxylic acids is 2. The predicted octanol–water partition coefficient (Wildman–Crippen LogP) is 0.669. The monoisotopic (exact) mass is 238 g/mol. The normalized spacial score (nSPS) is 15.1. The maximum atomic E-state index is 11.2. The first kappa shape index (κ1) is 11.6. The maximum Gasteiger partial charge on any atom is 0.348 e. The summed E-state index contributed by atoms with van der Waals surface area (Å²) in [6.45, 7) is 1.12. The number of aryl methyl sites for hydroxylation is 1. The lowest BCUT2D eigenvalue weighted by molar-refractivity contribution is -0.348. The second-order valence-corrected chi connectivity index (χ2v) is 3.81. The number of hydrogen-bond acceptors (Lipinski definition) is 4. The Morgan fingerprint density at radius 1 is 1.24 bits per heavy atom. The van der Waals surface area contributed by atoms with E-state index in [1.54, 1.807) is 18.2 Å². The highest BCUT2D eigenvalue weighted by Gasteiger charge is 2.52. The van der Waals surface area contributed by atoms with Gasteiger partial charge in [-0.15, -0.1) is 0 Å². The fourth-order valence-corrected chi connectivity index (χ4v) is 1.83. The van der Waals surface area contributed by atoms with Gasteiger partial charge in [-0.25, -0.2) is 19.4 Å². The highest BCUT2D eigenvalue weighted by molar-refractivity contribution is 5.88. The van der Waals surface area contributed by atoms with Crippen LogP contribution < -0.4 is 0 Å². The molecule has 0 spiro atoms. The van der Waals surface area contributed by atoms with E-state index < -0.39 is 24.1 Å². The van der Waals surface area contributed by atoms with Gasteiger partial charge in [0, 0.05) is 11.1 Å². The zero-order valence-electron chi connectivity index (χ0n) is 8.97. The molecule has 2 bridgehead atoms. The van der Waals surface area contributed by atoms with Gasteiger partial charge >= 0.3 is 11.9 Å². The van der Waals surface area contributed by atoms with Gasteiger partial charge in [-0.05, 0) is 13.0 Å². The van der Waals surface area contributed by atoms with Gasteiger partial charge in [-0.3, -0.25) is 0 Å². The molecular formula is C11H10O6. The Bertz CT molecular complexity index is 470. The summed E-state index contributed by atoms with van der Waals surface area (Å²) in [5.74, 6) is -2.46. The minimum atomic E-state index is -1.67. The number of fused-ring (bicyclic) bond motifs is 2. The molecule has 6 nitrogen and oxygen atoms in total. The highest BCUT2D eigenvalue weighted by Crippen LogP contribution is 2.44. The van der Waals surface area contributed by atoms with Gasteiger partial charge in [0.05, 0.1) is 0 Å². The van der Waals surface area contributed by atoms with Crippen molar-refractivity contribution in [2.24, 2.45) is 0 Å². The quantitative estimate of drug-likeness (QED) is 0.578. The minimum absolute atomic E-state index is 0.449. The average molecular weight is 238 g/mol. The molecule has 0 aliphatic heterocycles. The third kappa shape index (κ3) is 1.67. The number of hydrogen-bond donors (Lipinski definition) is 2. The summed E-state index contributed by atoms with van der Waals surface area (Å²) in [6.07, 6.45) is 0. The molecule has 17 heavy (non-hydrogen) atoms. The van der Waals surface area contributed by atoms with Gasteiger partial charge < -0.3 is 10.2 Å². The Labute approximate surface area is 96.3 Å². The van der Waals surface area contributed by atoms with Gasteiger partial charge in [0.2, 0.25) is 5.60 Å². The SMILES string of the molecule is Cc1cc2cc(c1)C2(OOCC(=O)O)C(=O)O. The molecule has 2 N–H and O–H groups in total. The first-order valence-corrected chi connectivity index (χ1v) is 4.85. The third-order valence-electron chi connectivity index (χ3n) is 2.56. The summed E-state index contributed by atoms with van der Waals surface area (Å²) in [5.41, 5.74) is 0.140. The van der Waals surface area contributed by atoms with E-state index in [-0.39, 0.29) is 0 Å². The molecule has 0 fully saturated rings. The second kappa shape index (κ2) is 3.83. The van der Waals surface area contributed by atoms with Gasteiger partial charge in [0.1, 0.15) is 0 Å². The van der Waals surface area contributed by atoms with Crippen molar-refractivity contribution in [3.05, 3.63) is 34.9 Å². The summed E-state index contributed by atoms with van der Waals surface area (Å²) >= 11 is 0. The lowest BCUT2D eigenvalue weighted by Crippen LogP contribution is -2.45. The zero-order chi connectivity index (χ0) is 12.6. The predicted molar refractivity (Wildman–Crippen MR) is 54.3 cm³/mol. The van der Waals surface area contributed by atoms with Crippen LogP contribution in [0.2, 0.25) is 0 Å². The second-order valence-electron chi connectivity index (χ2n) is 3.81. The molecule has 1 aromatic carbocycles. The van der Waals surface area contributed by atoms with Crippen molar-refractivity contribution in [2.75, 3.05) is 6.61 Å². The highest BCUT2D eigenvalue weighted by atomic mass is 17.2. The molecule has 0 aromatic heterocycles. The number of rotatable bonds is 5. The molecule has 6 heteroatoms. The lowest BCUT2D eigenvalue weighted by Gasteiger charge is -2.36. The smallest absolute Gasteiger partial charge is 0.348 e. The number of benzene rings is 1. The fourth-order valence-electron chi connectivity index (χ4n) is 1.83.